The molecule has 5 rings (SSSR count). The number of nitrogens with one attached hydrogen (secondary N) is 1. The van der Waals surface area contributed by atoms with Crippen LogP contribution in [0.4, 0.5) is 0 Å². The maximum atomic E-state index is 13.7. The Bertz CT molecular complexity index is 1440. The summed E-state index contributed by atoms with van der Waals surface area (Å²) in [5, 5.41) is 4.90. The monoisotopic (exact) mass is 565 g/mol. The molecule has 7 heteroatoms. The molecule has 0 saturated carbocycles. The highest BCUT2D eigenvalue weighted by Gasteiger charge is 2.42. The van der Waals surface area contributed by atoms with E-state index in [0.717, 1.165) is 16.8 Å². The summed E-state index contributed by atoms with van der Waals surface area (Å²) in [4.78, 5) is 27.3. The van der Waals surface area contributed by atoms with Gasteiger partial charge in [-0.2, -0.15) is 0 Å². The maximum Gasteiger partial charge on any atom is 0.336 e. The molecule has 0 unspecified atom stereocenters. The SMILES string of the molecule is CC1=C(C(=O)OCCc2ccccc2)[C@H](c2ccc(Cl)cc2Cl)C2=C(C[C@H](c3ccc(Cl)cc3)CC2=O)N1. The highest BCUT2D eigenvalue weighted by molar-refractivity contribution is 6.35. The number of Topliss-reactive ketones (excluding diaryl/α,β-unsaturated/α-hetero) is 1. The van der Waals surface area contributed by atoms with E-state index >= 15 is 0 Å². The lowest BCUT2D eigenvalue weighted by molar-refractivity contribution is -0.139. The largest absolute Gasteiger partial charge is 0.462 e. The number of halogens is 3. The Morgan fingerprint density at radius 1 is 0.947 bits per heavy atom. The van der Waals surface area contributed by atoms with Gasteiger partial charge in [0.15, 0.2) is 5.78 Å². The summed E-state index contributed by atoms with van der Waals surface area (Å²) < 4.78 is 5.74. The predicted molar refractivity (Wildman–Crippen MR) is 152 cm³/mol. The quantitative estimate of drug-likeness (QED) is 0.309. The van der Waals surface area contributed by atoms with Crippen LogP contribution in [0.15, 0.2) is 95.3 Å². The zero-order chi connectivity index (χ0) is 26.8. The second-order valence-corrected chi connectivity index (χ2v) is 10.9. The third kappa shape index (κ3) is 5.54. The van der Waals surface area contributed by atoms with Crippen LogP contribution in [0, 0.1) is 0 Å². The third-order valence-corrected chi connectivity index (χ3v) is 7.94. The summed E-state index contributed by atoms with van der Waals surface area (Å²) in [6.07, 6.45) is 1.53. The molecule has 0 spiro atoms. The number of dihydropyridines is 1. The van der Waals surface area contributed by atoms with Crippen molar-refractivity contribution in [3.63, 3.8) is 0 Å². The fourth-order valence-corrected chi connectivity index (χ4v) is 5.95. The molecule has 0 saturated heterocycles. The highest BCUT2D eigenvalue weighted by atomic mass is 35.5. The molecule has 1 aliphatic carbocycles. The smallest absolute Gasteiger partial charge is 0.336 e. The van der Waals surface area contributed by atoms with Gasteiger partial charge in [0.05, 0.1) is 12.2 Å². The van der Waals surface area contributed by atoms with Gasteiger partial charge in [0, 0.05) is 50.8 Å². The lowest BCUT2D eigenvalue weighted by Gasteiger charge is -2.37. The fourth-order valence-electron chi connectivity index (χ4n) is 5.31. The van der Waals surface area contributed by atoms with E-state index in [1.807, 2.05) is 61.5 Å². The van der Waals surface area contributed by atoms with Gasteiger partial charge in [-0.3, -0.25) is 4.79 Å². The number of esters is 1. The van der Waals surface area contributed by atoms with Gasteiger partial charge in [0.25, 0.3) is 0 Å². The number of carbonyl (C=O) groups excluding carboxylic acids is 2. The molecule has 0 amide bonds. The number of benzene rings is 3. The molecule has 2 atom stereocenters. The number of carbonyl (C=O) groups is 2. The van der Waals surface area contributed by atoms with E-state index in [1.165, 1.54) is 0 Å². The van der Waals surface area contributed by atoms with E-state index in [-0.39, 0.29) is 18.3 Å². The number of hydrogen-bond donors (Lipinski definition) is 1. The Balaban J connectivity index is 1.49. The minimum Gasteiger partial charge on any atom is -0.462 e. The summed E-state index contributed by atoms with van der Waals surface area (Å²) >= 11 is 18.9. The molecule has 3 aromatic carbocycles. The van der Waals surface area contributed by atoms with E-state index in [4.69, 9.17) is 39.5 Å². The fraction of sp³-hybridized carbons (Fsp3) is 0.226. The van der Waals surface area contributed by atoms with E-state index in [9.17, 15) is 9.59 Å². The van der Waals surface area contributed by atoms with Crippen LogP contribution in [-0.4, -0.2) is 18.4 Å². The lowest BCUT2D eigenvalue weighted by Crippen LogP contribution is -2.36. The molecular weight excluding hydrogens is 541 g/mol. The van der Waals surface area contributed by atoms with Crippen LogP contribution < -0.4 is 5.32 Å². The molecule has 4 nitrogen and oxygen atoms in total. The van der Waals surface area contributed by atoms with Crippen molar-refractivity contribution >= 4 is 46.6 Å². The summed E-state index contributed by atoms with van der Waals surface area (Å²) in [6, 6.07) is 22.6. The number of ether oxygens (including phenoxy) is 1. The molecule has 0 radical (unpaired) electrons. The van der Waals surface area contributed by atoms with Crippen molar-refractivity contribution in [2.45, 2.75) is 38.0 Å². The van der Waals surface area contributed by atoms with Gasteiger partial charge in [0.2, 0.25) is 0 Å². The number of ketones is 1. The van der Waals surface area contributed by atoms with Crippen molar-refractivity contribution in [3.8, 4) is 0 Å². The maximum absolute atomic E-state index is 13.7. The van der Waals surface area contributed by atoms with Crippen LogP contribution in [-0.2, 0) is 20.7 Å². The highest BCUT2D eigenvalue weighted by Crippen LogP contribution is 2.47. The molecule has 2 aliphatic rings. The first-order valence-corrected chi connectivity index (χ1v) is 13.6. The van der Waals surface area contributed by atoms with E-state index in [0.29, 0.717) is 56.7 Å². The predicted octanol–water partition coefficient (Wildman–Crippen LogP) is 7.79. The van der Waals surface area contributed by atoms with Crippen molar-refractivity contribution in [1.82, 2.24) is 5.32 Å². The Labute approximate surface area is 237 Å². The Morgan fingerprint density at radius 2 is 1.66 bits per heavy atom. The van der Waals surface area contributed by atoms with E-state index < -0.39 is 11.9 Å². The topological polar surface area (TPSA) is 55.4 Å². The normalized spacial score (nSPS) is 19.2. The lowest BCUT2D eigenvalue weighted by atomic mass is 9.71. The van der Waals surface area contributed by atoms with Crippen LogP contribution in [0.1, 0.15) is 48.3 Å². The Morgan fingerprint density at radius 3 is 2.37 bits per heavy atom. The molecular formula is C31H26Cl3NO3. The van der Waals surface area contributed by atoms with Crippen LogP contribution in [0.5, 0.6) is 0 Å². The van der Waals surface area contributed by atoms with Gasteiger partial charge >= 0.3 is 5.97 Å². The van der Waals surface area contributed by atoms with Gasteiger partial charge in [-0.25, -0.2) is 4.79 Å². The first kappa shape index (κ1) is 26.6. The molecule has 3 aromatic rings. The molecule has 1 N–H and O–H groups in total. The second-order valence-electron chi connectivity index (χ2n) is 9.61. The average Bonchev–Trinajstić information content (AvgIpc) is 2.89. The van der Waals surface area contributed by atoms with E-state index in [2.05, 4.69) is 5.32 Å². The second kappa shape index (κ2) is 11.4. The van der Waals surface area contributed by atoms with E-state index in [1.54, 1.807) is 18.2 Å². The molecule has 1 aliphatic heterocycles. The zero-order valence-electron chi connectivity index (χ0n) is 20.8. The molecule has 0 aromatic heterocycles. The number of allylic oxidation sites excluding steroid dienone is 3. The summed E-state index contributed by atoms with van der Waals surface area (Å²) in [6.45, 7) is 2.06. The Kier molecular flexibility index (Phi) is 7.94. The van der Waals surface area contributed by atoms with Crippen LogP contribution >= 0.6 is 34.8 Å². The van der Waals surface area contributed by atoms with Crippen molar-refractivity contribution in [2.75, 3.05) is 6.61 Å². The van der Waals surface area contributed by atoms with Crippen molar-refractivity contribution in [1.29, 1.82) is 0 Å². The minimum atomic E-state index is -0.654. The van der Waals surface area contributed by atoms with Crippen molar-refractivity contribution in [3.05, 3.63) is 127 Å². The van der Waals surface area contributed by atoms with Crippen LogP contribution in [0.2, 0.25) is 15.1 Å². The van der Waals surface area contributed by atoms with Crippen molar-refractivity contribution < 1.29 is 14.3 Å². The van der Waals surface area contributed by atoms with Gasteiger partial charge in [-0.15, -0.1) is 0 Å². The number of hydrogen-bond acceptors (Lipinski definition) is 4. The Hall–Kier alpha value is -3.05. The van der Waals surface area contributed by atoms with Crippen LogP contribution in [0.3, 0.4) is 0 Å². The van der Waals surface area contributed by atoms with Gasteiger partial charge in [0.1, 0.15) is 0 Å². The standard InChI is InChI=1S/C31H26Cl3NO3/c1-18-28(31(37)38-14-13-19-5-3-2-4-6-19)29(24-12-11-23(33)17-25(24)34)30-26(35-18)15-21(16-27(30)36)20-7-9-22(32)10-8-20/h2-12,17,21,29,35H,13-16H2,1H3/t21-,29-/m0/s1. The molecule has 1 heterocycles. The summed E-state index contributed by atoms with van der Waals surface area (Å²) in [7, 11) is 0. The van der Waals surface area contributed by atoms with Gasteiger partial charge in [-0.1, -0.05) is 83.3 Å². The summed E-state index contributed by atoms with van der Waals surface area (Å²) in [5.74, 6) is -1.16. The summed E-state index contributed by atoms with van der Waals surface area (Å²) in [5.41, 5.74) is 5.16. The molecule has 0 bridgehead atoms. The average molecular weight is 567 g/mol. The molecule has 194 valence electrons. The first-order chi connectivity index (χ1) is 18.3. The van der Waals surface area contributed by atoms with Crippen molar-refractivity contribution in [2.24, 2.45) is 0 Å². The molecule has 38 heavy (non-hydrogen) atoms. The first-order valence-electron chi connectivity index (χ1n) is 12.5. The van der Waals surface area contributed by atoms with Gasteiger partial charge in [-0.05, 0) is 60.2 Å². The van der Waals surface area contributed by atoms with Gasteiger partial charge < -0.3 is 10.1 Å². The molecule has 0 fully saturated rings. The number of rotatable bonds is 6. The zero-order valence-corrected chi connectivity index (χ0v) is 23.0. The van der Waals surface area contributed by atoms with Crippen LogP contribution in [0.25, 0.3) is 0 Å². The minimum absolute atomic E-state index is 0.000435. The third-order valence-electron chi connectivity index (χ3n) is 7.13.